The third kappa shape index (κ3) is 3.06. The molecule has 0 unspecified atom stereocenters. The molecular formula is C8H10N2O3S. The molecule has 0 aliphatic carbocycles. The summed E-state index contributed by atoms with van der Waals surface area (Å²) in [6, 6.07) is 6.64. The maximum absolute atomic E-state index is 11.0. The van der Waals surface area contributed by atoms with Gasteiger partial charge in [0.2, 0.25) is 5.91 Å². The van der Waals surface area contributed by atoms with Crippen LogP contribution >= 0.6 is 0 Å². The van der Waals surface area contributed by atoms with Gasteiger partial charge in [0.25, 0.3) is 0 Å². The van der Waals surface area contributed by atoms with Crippen LogP contribution in [-0.4, -0.2) is 20.1 Å². The lowest BCUT2D eigenvalue weighted by atomic mass is 10.3. The van der Waals surface area contributed by atoms with E-state index in [2.05, 4.69) is 5.32 Å². The molecule has 0 aromatic heterocycles. The van der Waals surface area contributed by atoms with Gasteiger partial charge in [-0.15, -0.1) is 0 Å². The average molecular weight is 214 g/mol. The molecule has 0 aliphatic heterocycles. The van der Waals surface area contributed by atoms with Crippen molar-refractivity contribution in [2.24, 2.45) is 0 Å². The summed E-state index contributed by atoms with van der Waals surface area (Å²) in [5.41, 5.74) is 6.36. The van der Waals surface area contributed by atoms with Crippen molar-refractivity contribution in [3.8, 4) is 0 Å². The highest BCUT2D eigenvalue weighted by Gasteiger charge is 2.04. The summed E-state index contributed by atoms with van der Waals surface area (Å²) in [5.74, 6) is -1.11. The van der Waals surface area contributed by atoms with Gasteiger partial charge in [-0.05, 0) is 12.1 Å². The minimum Gasteiger partial charge on any atom is -0.397 e. The summed E-state index contributed by atoms with van der Waals surface area (Å²) in [5, 5.41) is 2.39. The van der Waals surface area contributed by atoms with E-state index < -0.39 is 22.4 Å². The van der Waals surface area contributed by atoms with Crippen LogP contribution in [-0.2, 0) is 15.5 Å². The van der Waals surface area contributed by atoms with E-state index in [0.29, 0.717) is 11.4 Å². The third-order valence-electron chi connectivity index (χ3n) is 1.51. The number of anilines is 2. The topological polar surface area (TPSA) is 89.3 Å². The zero-order chi connectivity index (χ0) is 10.6. The second kappa shape index (κ2) is 4.61. The number of rotatable bonds is 3. The van der Waals surface area contributed by atoms with Crippen molar-refractivity contribution in [3.05, 3.63) is 24.3 Å². The van der Waals surface area contributed by atoms with Crippen LogP contribution in [0.1, 0.15) is 0 Å². The van der Waals surface area contributed by atoms with Gasteiger partial charge in [-0.3, -0.25) is 4.79 Å². The molecule has 0 saturated heterocycles. The summed E-state index contributed by atoms with van der Waals surface area (Å²) < 4.78 is 20.5. The Balaban J connectivity index is 2.69. The van der Waals surface area contributed by atoms with Crippen molar-refractivity contribution < 1.29 is 13.2 Å². The summed E-state index contributed by atoms with van der Waals surface area (Å²) in [4.78, 5) is 11.0. The highest BCUT2D eigenvalue weighted by Crippen LogP contribution is 2.16. The first-order valence-electron chi connectivity index (χ1n) is 3.86. The number of para-hydroxylation sites is 2. The minimum absolute atomic E-state index is 0.405. The number of benzene rings is 1. The second-order valence-corrected chi connectivity index (χ2v) is 3.61. The van der Waals surface area contributed by atoms with Crippen molar-refractivity contribution in [3.63, 3.8) is 0 Å². The number of carbonyl (C=O) groups excluding carboxylic acids is 1. The van der Waals surface area contributed by atoms with Crippen molar-refractivity contribution in [2.45, 2.75) is 0 Å². The van der Waals surface area contributed by atoms with Crippen LogP contribution < -0.4 is 11.1 Å². The van der Waals surface area contributed by atoms with Gasteiger partial charge < -0.3 is 11.1 Å². The fraction of sp³-hybridized carbons (Fsp3) is 0.125. The highest BCUT2D eigenvalue weighted by atomic mass is 32.2. The Morgan fingerprint density at radius 2 is 2.00 bits per heavy atom. The van der Waals surface area contributed by atoms with Crippen LogP contribution in [0.5, 0.6) is 0 Å². The summed E-state index contributed by atoms with van der Waals surface area (Å²) >= 11 is 0. The molecule has 14 heavy (non-hydrogen) atoms. The zero-order valence-corrected chi connectivity index (χ0v) is 8.16. The molecule has 0 aliphatic rings. The maximum Gasteiger partial charge on any atom is 0.239 e. The van der Waals surface area contributed by atoms with Gasteiger partial charge in [0, 0.05) is 0 Å². The molecule has 0 fully saturated rings. The fourth-order valence-electron chi connectivity index (χ4n) is 0.918. The van der Waals surface area contributed by atoms with E-state index in [-0.39, 0.29) is 0 Å². The summed E-state index contributed by atoms with van der Waals surface area (Å²) in [7, 11) is -2.70. The van der Waals surface area contributed by atoms with Crippen LogP contribution in [0.3, 0.4) is 0 Å². The Labute approximate surface area is 82.9 Å². The van der Waals surface area contributed by atoms with Gasteiger partial charge in [-0.25, -0.2) is 8.42 Å². The van der Waals surface area contributed by atoms with Crippen LogP contribution in [0.4, 0.5) is 11.4 Å². The standard InChI is InChI=1S/C8H10N2O3S/c9-6-3-1-2-4-7(6)10-8(11)5-14(12)13/h1-4,14H,5,9H2,(H,10,11). The lowest BCUT2D eigenvalue weighted by molar-refractivity contribution is -0.113. The molecule has 1 aromatic carbocycles. The van der Waals surface area contributed by atoms with Crippen molar-refractivity contribution in [1.29, 1.82) is 0 Å². The third-order valence-corrected chi connectivity index (χ3v) is 2.05. The quantitative estimate of drug-likeness (QED) is 0.481. The summed E-state index contributed by atoms with van der Waals surface area (Å²) in [6.45, 7) is 0. The van der Waals surface area contributed by atoms with E-state index in [1.54, 1.807) is 24.3 Å². The lowest BCUT2D eigenvalue weighted by Crippen LogP contribution is -2.17. The molecule has 0 bridgehead atoms. The smallest absolute Gasteiger partial charge is 0.239 e. The minimum atomic E-state index is -2.70. The van der Waals surface area contributed by atoms with Gasteiger partial charge in [0.1, 0.15) is 16.5 Å². The largest absolute Gasteiger partial charge is 0.397 e. The SMILES string of the molecule is Nc1ccccc1NC(=O)C[SH](=O)=O. The molecule has 1 aromatic rings. The number of thiol groups is 1. The summed E-state index contributed by atoms with van der Waals surface area (Å²) in [6.07, 6.45) is 0. The molecule has 0 spiro atoms. The number of amides is 1. The van der Waals surface area contributed by atoms with E-state index in [1.165, 1.54) is 0 Å². The highest BCUT2D eigenvalue weighted by molar-refractivity contribution is 7.73. The second-order valence-electron chi connectivity index (χ2n) is 2.63. The first-order chi connectivity index (χ1) is 6.59. The van der Waals surface area contributed by atoms with Gasteiger partial charge >= 0.3 is 0 Å². The Hall–Kier alpha value is -1.56. The first kappa shape index (κ1) is 10.5. The molecule has 1 amide bonds. The monoisotopic (exact) mass is 214 g/mol. The Morgan fingerprint density at radius 3 is 2.57 bits per heavy atom. The maximum atomic E-state index is 11.0. The van der Waals surface area contributed by atoms with Crippen LogP contribution in [0, 0.1) is 0 Å². The van der Waals surface area contributed by atoms with Crippen molar-refractivity contribution >= 4 is 28.0 Å². The first-order valence-corrected chi connectivity index (χ1v) is 5.22. The van der Waals surface area contributed by atoms with E-state index >= 15 is 0 Å². The fourth-order valence-corrected chi connectivity index (χ4v) is 1.23. The van der Waals surface area contributed by atoms with E-state index in [0.717, 1.165) is 0 Å². The number of hydrogen-bond acceptors (Lipinski definition) is 4. The van der Waals surface area contributed by atoms with Gasteiger partial charge in [0.05, 0.1) is 11.4 Å². The molecule has 1 rings (SSSR count). The normalized spacial score (nSPS) is 10.1. The van der Waals surface area contributed by atoms with Crippen LogP contribution in [0.15, 0.2) is 24.3 Å². The Morgan fingerprint density at radius 1 is 1.36 bits per heavy atom. The molecular weight excluding hydrogens is 204 g/mol. The number of nitrogen functional groups attached to an aromatic ring is 1. The predicted molar refractivity (Wildman–Crippen MR) is 54.7 cm³/mol. The van der Waals surface area contributed by atoms with E-state index in [1.807, 2.05) is 0 Å². The molecule has 0 radical (unpaired) electrons. The number of nitrogens with two attached hydrogens (primary N) is 1. The Bertz CT molecular complexity index is 407. The van der Waals surface area contributed by atoms with Gasteiger partial charge in [-0.2, -0.15) is 0 Å². The molecule has 0 atom stereocenters. The van der Waals surface area contributed by atoms with Gasteiger partial charge in [0.15, 0.2) is 0 Å². The lowest BCUT2D eigenvalue weighted by Gasteiger charge is -2.05. The molecule has 76 valence electrons. The molecule has 0 heterocycles. The number of nitrogens with one attached hydrogen (secondary N) is 1. The average Bonchev–Trinajstić information content (AvgIpc) is 2.07. The van der Waals surface area contributed by atoms with Crippen molar-refractivity contribution in [2.75, 3.05) is 16.8 Å². The zero-order valence-electron chi connectivity index (χ0n) is 7.27. The Kier molecular flexibility index (Phi) is 3.47. The molecule has 5 nitrogen and oxygen atoms in total. The predicted octanol–water partition coefficient (Wildman–Crippen LogP) is -0.181. The van der Waals surface area contributed by atoms with Gasteiger partial charge in [-0.1, -0.05) is 12.1 Å². The van der Waals surface area contributed by atoms with Crippen LogP contribution in [0.2, 0.25) is 0 Å². The number of hydrogen-bond donors (Lipinski definition) is 3. The van der Waals surface area contributed by atoms with E-state index in [9.17, 15) is 13.2 Å². The molecule has 3 N–H and O–H groups in total. The number of carbonyl (C=O) groups is 1. The molecule has 6 heteroatoms. The van der Waals surface area contributed by atoms with Crippen molar-refractivity contribution in [1.82, 2.24) is 0 Å². The van der Waals surface area contributed by atoms with E-state index in [4.69, 9.17) is 5.73 Å². The molecule has 0 saturated carbocycles. The van der Waals surface area contributed by atoms with Crippen LogP contribution in [0.25, 0.3) is 0 Å².